The van der Waals surface area contributed by atoms with Gasteiger partial charge in [-0.3, -0.25) is 39.9 Å². The third-order valence-electron chi connectivity index (χ3n) is 12.3. The van der Waals surface area contributed by atoms with Crippen LogP contribution in [0.25, 0.3) is 0 Å². The van der Waals surface area contributed by atoms with E-state index < -0.39 is 33.3 Å². The summed E-state index contributed by atoms with van der Waals surface area (Å²) in [5.74, 6) is -1.28. The van der Waals surface area contributed by atoms with E-state index in [1.165, 1.54) is 38.5 Å². The number of rotatable bonds is 11. The van der Waals surface area contributed by atoms with Gasteiger partial charge in [-0.1, -0.05) is 112 Å². The number of nitrogens with zero attached hydrogens (tertiary/aromatic N) is 3. The summed E-state index contributed by atoms with van der Waals surface area (Å²) in [6.45, 7) is 6.95. The van der Waals surface area contributed by atoms with Crippen molar-refractivity contribution in [3.63, 3.8) is 0 Å². The molecule has 9 rings (SSSR count). The van der Waals surface area contributed by atoms with Crippen molar-refractivity contribution >= 4 is 150 Å². The van der Waals surface area contributed by atoms with Crippen LogP contribution in [-0.4, -0.2) is 64.3 Å². The molecule has 8 aromatic carbocycles. The Morgan fingerprint density at radius 3 is 1.35 bits per heavy atom. The van der Waals surface area contributed by atoms with Crippen molar-refractivity contribution in [3.05, 3.63) is 264 Å². The van der Waals surface area contributed by atoms with E-state index in [4.69, 9.17) is 20.3 Å². The molecule has 440 valence electrons. The number of nitrogens with two attached hydrogens (primary N) is 1. The van der Waals surface area contributed by atoms with Gasteiger partial charge < -0.3 is 30.9 Å². The molecule has 5 N–H and O–H groups in total. The molecule has 0 radical (unpaired) electrons. The number of Topliss-reactive ketones (excluding diaryl/α,β-unsaturated/α-hetero) is 1. The molecule has 0 saturated carbocycles. The number of carbonyl (C=O) groups is 4. The molecule has 0 fully saturated rings. The number of fused-ring (bicyclic) bond motifs is 2. The summed E-state index contributed by atoms with van der Waals surface area (Å²) in [6, 6.07) is 42.3. The maximum Gasteiger partial charge on any atom is 0.338 e. The number of esters is 2. The minimum atomic E-state index is -0.484. The molecule has 0 atom stereocenters. The van der Waals surface area contributed by atoms with E-state index in [0.717, 1.165) is 60.8 Å². The Morgan fingerprint density at radius 1 is 0.506 bits per heavy atom. The summed E-state index contributed by atoms with van der Waals surface area (Å²) < 4.78 is 13.6. The van der Waals surface area contributed by atoms with E-state index in [9.17, 15) is 49.5 Å². The van der Waals surface area contributed by atoms with E-state index >= 15 is 0 Å². The number of anilines is 4. The number of benzene rings is 8. The highest BCUT2D eigenvalue weighted by atomic mass is 127. The summed E-state index contributed by atoms with van der Waals surface area (Å²) >= 11 is 15.3. The zero-order chi connectivity index (χ0) is 62.8. The summed E-state index contributed by atoms with van der Waals surface area (Å²) in [5.41, 5.74) is 16.2. The number of aryl methyl sites for hydroxylation is 4. The van der Waals surface area contributed by atoms with Crippen LogP contribution >= 0.6 is 86.3 Å². The number of nitrogen functional groups attached to an aromatic ring is 1. The van der Waals surface area contributed by atoms with Crippen molar-refractivity contribution in [2.24, 2.45) is 0 Å². The molecule has 8 aromatic rings. The van der Waals surface area contributed by atoms with Crippen molar-refractivity contribution in [3.8, 4) is 0 Å². The molecule has 24 heteroatoms. The van der Waals surface area contributed by atoms with Crippen LogP contribution in [0.5, 0.6) is 0 Å². The van der Waals surface area contributed by atoms with Crippen LogP contribution in [0, 0.1) is 61.6 Å². The number of hydrogen-bond donors (Lipinski definition) is 4. The molecular weight excluding hydrogens is 1470 g/mol. The SMILES string of the molecule is COC(=O)c1cc(Br)ccc1Cc1ccc(C)cc1[N+](=O)[O-].COC(=O)c1cc(Br)ccc1Cc1ccc(C)cc1[N+](=O)[O-].Cc1ccc(N)c([N+](=O)[O-])c1.Cc1ccc2c(c1)NC(=O)c1cc(Br)ccc1N2.O=C(CO)c1cc(Br)ccc1I. The number of methoxy groups -OCH3 is 2. The van der Waals surface area contributed by atoms with Gasteiger partial charge >= 0.3 is 11.9 Å². The van der Waals surface area contributed by atoms with Gasteiger partial charge in [0.15, 0.2) is 5.78 Å². The summed E-state index contributed by atoms with van der Waals surface area (Å²) in [5, 5.41) is 47.5. The largest absolute Gasteiger partial charge is 0.465 e. The van der Waals surface area contributed by atoms with E-state index in [1.54, 1.807) is 81.4 Å². The van der Waals surface area contributed by atoms with E-state index in [1.807, 2.05) is 67.6 Å². The van der Waals surface area contributed by atoms with Crippen LogP contribution in [0.3, 0.4) is 0 Å². The first-order valence-corrected chi connectivity index (χ1v) is 29.3. The van der Waals surface area contributed by atoms with Gasteiger partial charge in [-0.2, -0.15) is 0 Å². The second-order valence-corrected chi connectivity index (χ2v) is 23.4. The normalized spacial score (nSPS) is 10.7. The molecule has 0 aliphatic carbocycles. The van der Waals surface area contributed by atoms with Gasteiger partial charge in [-0.05, 0) is 163 Å². The standard InChI is InChI=1S/2C16H14BrNO4.C14H11BrN2O.C8H6BrIO2.C7H8N2O2/c2*1-10-3-4-12(15(7-10)18(20)21)8-11-5-6-13(17)9-14(11)16(19)22-2;1-8-2-4-12-13(6-8)17-14(18)10-7-9(15)3-5-11(10)16-12;9-5-1-2-7(10)6(3-5)8(12)4-11;1-5-2-3-6(8)7(4-5)9(10)11/h2*3-7,9H,8H2,1-2H3;2-7,16H,1H3,(H,17,18);1-3,11H,4H2;2-4H,8H2,1H3. The van der Waals surface area contributed by atoms with Crippen LogP contribution in [0.15, 0.2) is 163 Å². The van der Waals surface area contributed by atoms with Crippen molar-refractivity contribution in [1.29, 1.82) is 0 Å². The highest BCUT2D eigenvalue weighted by molar-refractivity contribution is 14.1. The predicted molar refractivity (Wildman–Crippen MR) is 349 cm³/mol. The van der Waals surface area contributed by atoms with Crippen LogP contribution in [0.1, 0.15) is 85.9 Å². The Kier molecular flexibility index (Phi) is 25.6. The topological polar surface area (TPSA) is 286 Å². The predicted octanol–water partition coefficient (Wildman–Crippen LogP) is 15.9. The monoisotopic (exact) mass is 1520 g/mol. The molecule has 1 amide bonds. The number of aliphatic hydroxyl groups excluding tert-OH is 1. The highest BCUT2D eigenvalue weighted by Gasteiger charge is 2.22. The average Bonchev–Trinajstić information content (AvgIpc) is 3.17. The number of carbonyl (C=O) groups excluding carboxylic acids is 4. The Bertz CT molecular complexity index is 3740. The third kappa shape index (κ3) is 19.7. The lowest BCUT2D eigenvalue weighted by atomic mass is 9.98. The van der Waals surface area contributed by atoms with Crippen LogP contribution in [0.2, 0.25) is 0 Å². The Hall–Kier alpha value is -7.75. The number of ketones is 1. The van der Waals surface area contributed by atoms with Crippen molar-refractivity contribution in [1.82, 2.24) is 0 Å². The Labute approximate surface area is 535 Å². The van der Waals surface area contributed by atoms with Gasteiger partial charge in [0.1, 0.15) is 12.3 Å². The van der Waals surface area contributed by atoms with Gasteiger partial charge in [0, 0.05) is 69.2 Å². The fraction of sp³-hybridized carbons (Fsp3) is 0.148. The van der Waals surface area contributed by atoms with Crippen molar-refractivity contribution < 1.29 is 48.5 Å². The maximum atomic E-state index is 12.2. The van der Waals surface area contributed by atoms with Crippen molar-refractivity contribution in [2.75, 3.05) is 37.2 Å². The number of halogens is 5. The molecule has 0 unspecified atom stereocenters. The first-order chi connectivity index (χ1) is 40.2. The first-order valence-electron chi connectivity index (χ1n) is 25.0. The second-order valence-electron chi connectivity index (χ2n) is 18.6. The molecule has 19 nitrogen and oxygen atoms in total. The number of nitro benzene ring substituents is 3. The molecule has 1 aliphatic rings. The quantitative estimate of drug-likeness (QED) is 0.0234. The fourth-order valence-corrected chi connectivity index (χ4v) is 10.1. The van der Waals surface area contributed by atoms with Crippen LogP contribution < -0.4 is 16.4 Å². The van der Waals surface area contributed by atoms with Gasteiger partial charge in [0.2, 0.25) is 0 Å². The molecular formula is C61H53Br4IN6O13. The minimum Gasteiger partial charge on any atom is -0.465 e. The van der Waals surface area contributed by atoms with Gasteiger partial charge in [-0.25, -0.2) is 9.59 Å². The molecule has 1 heterocycles. The number of nitrogens with one attached hydrogen (secondary N) is 2. The lowest BCUT2D eigenvalue weighted by Gasteiger charge is -2.09. The van der Waals surface area contributed by atoms with Crippen molar-refractivity contribution in [2.45, 2.75) is 40.5 Å². The molecule has 0 spiro atoms. The van der Waals surface area contributed by atoms with Gasteiger partial charge in [0.25, 0.3) is 23.0 Å². The molecule has 85 heavy (non-hydrogen) atoms. The Balaban J connectivity index is 0.000000199. The summed E-state index contributed by atoms with van der Waals surface area (Å²) in [6.07, 6.45) is 0.572. The zero-order valence-electron chi connectivity index (χ0n) is 46.1. The number of hydrogen-bond acceptors (Lipinski definition) is 15. The van der Waals surface area contributed by atoms with Crippen LogP contribution in [0.4, 0.5) is 39.8 Å². The lowest BCUT2D eigenvalue weighted by molar-refractivity contribution is -0.385. The Morgan fingerprint density at radius 2 is 0.894 bits per heavy atom. The second kappa shape index (κ2) is 31.9. The first kappa shape index (κ1) is 68.0. The number of ether oxygens (including phenoxy) is 2. The number of nitro groups is 3. The van der Waals surface area contributed by atoms with Crippen LogP contribution in [-0.2, 0) is 22.3 Å². The fourth-order valence-electron chi connectivity index (χ4n) is 8.03. The van der Waals surface area contributed by atoms with Gasteiger partial charge in [-0.15, -0.1) is 0 Å². The third-order valence-corrected chi connectivity index (χ3v) is 15.2. The number of aliphatic hydroxyl groups is 1. The van der Waals surface area contributed by atoms with E-state index in [0.29, 0.717) is 44.5 Å². The highest BCUT2D eigenvalue weighted by Crippen LogP contribution is 2.34. The number of amides is 1. The molecule has 0 bridgehead atoms. The summed E-state index contributed by atoms with van der Waals surface area (Å²) in [4.78, 5) is 78.4. The van der Waals surface area contributed by atoms with E-state index in [-0.39, 0.29) is 47.3 Å². The molecule has 0 saturated heterocycles. The molecule has 1 aliphatic heterocycles. The van der Waals surface area contributed by atoms with Gasteiger partial charge in [0.05, 0.1) is 62.7 Å². The lowest BCUT2D eigenvalue weighted by Crippen LogP contribution is -2.10. The molecule has 0 aromatic heterocycles. The zero-order valence-corrected chi connectivity index (χ0v) is 54.6. The minimum absolute atomic E-state index is 0.0231. The van der Waals surface area contributed by atoms with E-state index in [2.05, 4.69) is 96.9 Å². The summed E-state index contributed by atoms with van der Waals surface area (Å²) in [7, 11) is 2.61. The average molecular weight is 1520 g/mol. The smallest absolute Gasteiger partial charge is 0.338 e. The maximum absolute atomic E-state index is 12.2.